The van der Waals surface area contributed by atoms with Gasteiger partial charge in [0.05, 0.1) is 5.46 Å². The Kier molecular flexibility index (Phi) is 2.07. The number of aromatic hydroxyl groups is 1. The van der Waals surface area contributed by atoms with E-state index in [0.29, 0.717) is 0 Å². The highest BCUT2D eigenvalue weighted by molar-refractivity contribution is 6.61. The summed E-state index contributed by atoms with van der Waals surface area (Å²) >= 11 is 0. The van der Waals surface area contributed by atoms with Gasteiger partial charge in [0, 0.05) is 0 Å². The van der Waals surface area contributed by atoms with E-state index < -0.39 is 24.3 Å². The Labute approximate surface area is 61.6 Å². The van der Waals surface area contributed by atoms with Crippen LogP contribution in [0.3, 0.4) is 0 Å². The van der Waals surface area contributed by atoms with Crippen molar-refractivity contribution in [1.29, 1.82) is 0 Å². The molecule has 1 N–H and O–H groups in total. The minimum absolute atomic E-state index is 0.708. The molecule has 58 valence electrons. The summed E-state index contributed by atoms with van der Waals surface area (Å²) in [6.07, 6.45) is 0. The first-order valence-corrected chi connectivity index (χ1v) is 2.88. The van der Waals surface area contributed by atoms with Gasteiger partial charge in [-0.3, -0.25) is 8.63 Å². The summed E-state index contributed by atoms with van der Waals surface area (Å²) in [5.41, 5.74) is -0.937. The van der Waals surface area contributed by atoms with E-state index in [9.17, 15) is 13.0 Å². The van der Waals surface area contributed by atoms with Crippen LogP contribution in [0.25, 0.3) is 0 Å². The number of phenols is 1. The number of rotatable bonds is 1. The summed E-state index contributed by atoms with van der Waals surface area (Å²) in [6, 6.07) is 3.06. The van der Waals surface area contributed by atoms with Crippen molar-refractivity contribution in [2.45, 2.75) is 0 Å². The molecule has 0 radical (unpaired) electrons. The van der Waals surface area contributed by atoms with E-state index in [-0.39, 0.29) is 0 Å². The lowest BCUT2D eigenvalue weighted by Crippen LogP contribution is -2.24. The van der Waals surface area contributed by atoms with Crippen LogP contribution in [-0.4, -0.2) is 12.4 Å². The van der Waals surface area contributed by atoms with Crippen molar-refractivity contribution in [3.8, 4) is 5.75 Å². The number of hydrogen-bond donors (Lipinski definition) is 1. The van der Waals surface area contributed by atoms with Gasteiger partial charge in [0.1, 0.15) is 11.6 Å². The molecule has 0 aromatic heterocycles. The van der Waals surface area contributed by atoms with Crippen LogP contribution in [0.1, 0.15) is 0 Å². The van der Waals surface area contributed by atoms with Crippen LogP contribution in [0.5, 0.6) is 5.75 Å². The number of benzene rings is 1. The molecule has 0 unspecified atom stereocenters. The Morgan fingerprint density at radius 3 is 2.27 bits per heavy atom. The minimum Gasteiger partial charge on any atom is -0.508 e. The van der Waals surface area contributed by atoms with E-state index in [1.807, 2.05) is 0 Å². The van der Waals surface area contributed by atoms with Crippen molar-refractivity contribution in [1.82, 2.24) is 0 Å². The van der Waals surface area contributed by atoms with Gasteiger partial charge >= 0.3 is 7.27 Å². The van der Waals surface area contributed by atoms with E-state index in [1.165, 1.54) is 0 Å². The molecule has 0 saturated heterocycles. The lowest BCUT2D eigenvalue weighted by Gasteiger charge is -2.00. The quantitative estimate of drug-likeness (QED) is 0.611. The van der Waals surface area contributed by atoms with Gasteiger partial charge in [-0.2, -0.15) is 0 Å². The first-order valence-electron chi connectivity index (χ1n) is 2.88. The molecule has 11 heavy (non-hydrogen) atoms. The minimum atomic E-state index is -2.98. The van der Waals surface area contributed by atoms with Crippen molar-refractivity contribution in [3.63, 3.8) is 0 Å². The Morgan fingerprint density at radius 1 is 1.27 bits per heavy atom. The first kappa shape index (κ1) is 7.98. The number of phenolic OH excluding ortho intramolecular Hbond substituents is 1. The number of hydrogen-bond acceptors (Lipinski definition) is 1. The zero-order valence-corrected chi connectivity index (χ0v) is 5.39. The van der Waals surface area contributed by atoms with Crippen LogP contribution in [-0.2, 0) is 0 Å². The van der Waals surface area contributed by atoms with Gasteiger partial charge in [0.25, 0.3) is 0 Å². The second-order valence-corrected chi connectivity index (χ2v) is 1.97. The molecule has 0 fully saturated rings. The molecule has 0 saturated carbocycles. The predicted molar refractivity (Wildman–Crippen MR) is 35.7 cm³/mol. The predicted octanol–water partition coefficient (Wildman–Crippen LogP) is 1.17. The Morgan fingerprint density at radius 2 is 1.91 bits per heavy atom. The fourth-order valence-corrected chi connectivity index (χ4v) is 0.742. The highest BCUT2D eigenvalue weighted by Gasteiger charge is 2.24. The number of halogens is 3. The molecule has 1 aromatic carbocycles. The van der Waals surface area contributed by atoms with Gasteiger partial charge < -0.3 is 5.11 Å². The molecule has 0 aliphatic rings. The van der Waals surface area contributed by atoms with E-state index in [2.05, 4.69) is 0 Å². The summed E-state index contributed by atoms with van der Waals surface area (Å²) < 4.78 is 36.2. The Hall–Kier alpha value is -1.13. The van der Waals surface area contributed by atoms with Crippen LogP contribution in [0.4, 0.5) is 13.0 Å². The average Bonchev–Trinajstić information content (AvgIpc) is 1.85. The lowest BCUT2D eigenvalue weighted by atomic mass is 9.84. The molecular formula is C6H4BF3O. The third kappa shape index (κ3) is 1.47. The van der Waals surface area contributed by atoms with Crippen molar-refractivity contribution < 1.29 is 18.1 Å². The molecule has 5 heteroatoms. The van der Waals surface area contributed by atoms with E-state index in [1.54, 1.807) is 0 Å². The maximum Gasteiger partial charge on any atom is 0.578 e. The van der Waals surface area contributed by atoms with Crippen LogP contribution in [0.2, 0.25) is 0 Å². The lowest BCUT2D eigenvalue weighted by molar-refractivity contribution is 0.472. The van der Waals surface area contributed by atoms with Crippen molar-refractivity contribution in [2.24, 2.45) is 0 Å². The maximum absolute atomic E-state index is 12.5. The van der Waals surface area contributed by atoms with Crippen LogP contribution in [0.15, 0.2) is 18.2 Å². The average molecular weight is 160 g/mol. The molecule has 0 spiro atoms. The molecule has 0 bridgehead atoms. The fourth-order valence-electron chi connectivity index (χ4n) is 0.742. The van der Waals surface area contributed by atoms with E-state index in [4.69, 9.17) is 5.11 Å². The zero-order valence-electron chi connectivity index (χ0n) is 5.39. The molecule has 1 nitrogen and oxygen atoms in total. The zero-order chi connectivity index (χ0) is 8.43. The van der Waals surface area contributed by atoms with Gasteiger partial charge in [-0.15, -0.1) is 0 Å². The molecule has 0 atom stereocenters. The normalized spacial score (nSPS) is 9.73. The summed E-state index contributed by atoms with van der Waals surface area (Å²) in [6.45, 7) is 0. The Bertz CT molecular complexity index is 244. The molecule has 1 aromatic rings. The molecular weight excluding hydrogens is 156 g/mol. The molecule has 0 aliphatic carbocycles. The van der Waals surface area contributed by atoms with Gasteiger partial charge in [0.2, 0.25) is 0 Å². The SMILES string of the molecule is Oc1cccc(F)c1B(F)F. The monoisotopic (exact) mass is 160 g/mol. The third-order valence-electron chi connectivity index (χ3n) is 1.25. The largest absolute Gasteiger partial charge is 0.578 e. The van der Waals surface area contributed by atoms with Crippen LogP contribution in [0, 0.1) is 5.82 Å². The van der Waals surface area contributed by atoms with Crippen molar-refractivity contribution >= 4 is 12.7 Å². The van der Waals surface area contributed by atoms with Crippen LogP contribution < -0.4 is 5.46 Å². The van der Waals surface area contributed by atoms with Gasteiger partial charge in [-0.25, -0.2) is 4.39 Å². The molecule has 0 amide bonds. The topological polar surface area (TPSA) is 20.2 Å². The van der Waals surface area contributed by atoms with Gasteiger partial charge in [-0.05, 0) is 12.1 Å². The highest BCUT2D eigenvalue weighted by atomic mass is 19.2. The summed E-state index contributed by atoms with van der Waals surface area (Å²) in [4.78, 5) is 0. The molecule has 0 heterocycles. The summed E-state index contributed by atoms with van der Waals surface area (Å²) in [5, 5.41) is 8.74. The standard InChI is InChI=1S/C6H4BF3O/c8-4-2-1-3-5(11)6(4)7(9)10/h1-3,11H. The Balaban J connectivity index is 3.21. The van der Waals surface area contributed by atoms with E-state index in [0.717, 1.165) is 18.2 Å². The first-order chi connectivity index (χ1) is 5.13. The fraction of sp³-hybridized carbons (Fsp3) is 0. The summed E-state index contributed by atoms with van der Waals surface area (Å²) in [7, 11) is -2.98. The van der Waals surface area contributed by atoms with Crippen molar-refractivity contribution in [2.75, 3.05) is 0 Å². The van der Waals surface area contributed by atoms with E-state index >= 15 is 0 Å². The van der Waals surface area contributed by atoms with Gasteiger partial charge in [-0.1, -0.05) is 6.07 Å². The smallest absolute Gasteiger partial charge is 0.508 e. The maximum atomic E-state index is 12.5. The third-order valence-corrected chi connectivity index (χ3v) is 1.25. The molecule has 0 aliphatic heterocycles. The second-order valence-electron chi connectivity index (χ2n) is 1.97. The van der Waals surface area contributed by atoms with Crippen LogP contribution >= 0.6 is 0 Å². The molecule has 1 rings (SSSR count). The van der Waals surface area contributed by atoms with Crippen molar-refractivity contribution in [3.05, 3.63) is 24.0 Å². The summed E-state index contributed by atoms with van der Waals surface area (Å²) in [5.74, 6) is -1.79. The second kappa shape index (κ2) is 2.86. The highest BCUT2D eigenvalue weighted by Crippen LogP contribution is 2.09. The van der Waals surface area contributed by atoms with Gasteiger partial charge in [0.15, 0.2) is 0 Å².